The molecule has 6 nitrogen and oxygen atoms in total. The van der Waals surface area contributed by atoms with E-state index in [4.69, 9.17) is 19.2 Å². The number of furan rings is 1. The van der Waals surface area contributed by atoms with Gasteiger partial charge in [0.05, 0.1) is 24.2 Å². The third-order valence-electron chi connectivity index (χ3n) is 4.91. The molecule has 0 spiro atoms. The maximum atomic E-state index is 5.90. The summed E-state index contributed by atoms with van der Waals surface area (Å²) in [6.45, 7) is 12.1. The lowest BCUT2D eigenvalue weighted by Crippen LogP contribution is -2.46. The van der Waals surface area contributed by atoms with E-state index in [1.165, 1.54) is 0 Å². The molecular weight excluding hydrogens is 316 g/mol. The van der Waals surface area contributed by atoms with Gasteiger partial charge in [-0.1, -0.05) is 0 Å². The van der Waals surface area contributed by atoms with Crippen molar-refractivity contribution in [1.82, 2.24) is 14.6 Å². The van der Waals surface area contributed by atoms with Gasteiger partial charge in [-0.25, -0.2) is 4.98 Å². The zero-order valence-corrected chi connectivity index (χ0v) is 15.4. The number of anilines is 1. The van der Waals surface area contributed by atoms with Gasteiger partial charge in [-0.2, -0.15) is 9.61 Å². The largest absolute Gasteiger partial charge is 0.469 e. The predicted molar refractivity (Wildman–Crippen MR) is 97.1 cm³/mol. The molecule has 0 unspecified atom stereocenters. The van der Waals surface area contributed by atoms with Gasteiger partial charge < -0.3 is 14.1 Å². The third kappa shape index (κ3) is 2.70. The second-order valence-electron chi connectivity index (χ2n) is 7.00. The summed E-state index contributed by atoms with van der Waals surface area (Å²) in [5.41, 5.74) is 4.95. The van der Waals surface area contributed by atoms with Gasteiger partial charge >= 0.3 is 0 Å². The molecule has 0 saturated carbocycles. The summed E-state index contributed by atoms with van der Waals surface area (Å²) in [4.78, 5) is 7.11. The number of nitrogens with zero attached hydrogens (tertiary/aromatic N) is 4. The summed E-state index contributed by atoms with van der Waals surface area (Å²) >= 11 is 0. The fourth-order valence-electron chi connectivity index (χ4n) is 3.69. The molecule has 4 heterocycles. The first-order chi connectivity index (χ1) is 11.9. The van der Waals surface area contributed by atoms with Crippen LogP contribution in [0.3, 0.4) is 0 Å². The summed E-state index contributed by atoms with van der Waals surface area (Å²) in [6.07, 6.45) is 2.08. The van der Waals surface area contributed by atoms with Crippen molar-refractivity contribution in [2.24, 2.45) is 0 Å². The van der Waals surface area contributed by atoms with Crippen molar-refractivity contribution >= 4 is 11.5 Å². The predicted octanol–water partition coefficient (Wildman–Crippen LogP) is 3.53. The zero-order valence-electron chi connectivity index (χ0n) is 15.4. The second kappa shape index (κ2) is 5.88. The first kappa shape index (κ1) is 16.1. The first-order valence-electron chi connectivity index (χ1n) is 8.76. The number of morpholine rings is 1. The van der Waals surface area contributed by atoms with Crippen molar-refractivity contribution in [3.8, 4) is 11.3 Å². The Balaban J connectivity index is 1.89. The normalized spacial score (nSPS) is 21.2. The molecule has 0 aromatic carbocycles. The molecule has 0 aliphatic carbocycles. The number of hydrogen-bond donors (Lipinski definition) is 0. The third-order valence-corrected chi connectivity index (χ3v) is 4.91. The summed E-state index contributed by atoms with van der Waals surface area (Å²) in [5, 5.41) is 4.85. The average molecular weight is 340 g/mol. The van der Waals surface area contributed by atoms with Crippen LogP contribution in [0.15, 0.2) is 22.8 Å². The van der Waals surface area contributed by atoms with Crippen LogP contribution in [-0.2, 0) is 4.74 Å². The van der Waals surface area contributed by atoms with E-state index in [9.17, 15) is 0 Å². The van der Waals surface area contributed by atoms with Crippen molar-refractivity contribution in [2.75, 3.05) is 18.0 Å². The van der Waals surface area contributed by atoms with Crippen LogP contribution in [0.25, 0.3) is 16.9 Å². The number of ether oxygens (including phenoxy) is 1. The van der Waals surface area contributed by atoms with Gasteiger partial charge in [0.25, 0.3) is 0 Å². The second-order valence-corrected chi connectivity index (χ2v) is 7.00. The van der Waals surface area contributed by atoms with E-state index in [-0.39, 0.29) is 12.2 Å². The van der Waals surface area contributed by atoms with E-state index in [2.05, 4.69) is 32.6 Å². The fraction of sp³-hybridized carbons (Fsp3) is 0.474. The Labute approximate surface area is 147 Å². The highest BCUT2D eigenvalue weighted by Crippen LogP contribution is 2.30. The molecule has 3 aromatic heterocycles. The molecule has 0 radical (unpaired) electrons. The first-order valence-corrected chi connectivity index (χ1v) is 8.76. The van der Waals surface area contributed by atoms with Gasteiger partial charge in [-0.15, -0.1) is 0 Å². The van der Waals surface area contributed by atoms with Crippen molar-refractivity contribution in [2.45, 2.75) is 46.8 Å². The molecule has 2 atom stereocenters. The SMILES string of the molecule is Cc1nc2cc(-c3ccoc3C)nn2c(N2C[C@H](C)O[C@@H](C)C2)c1C. The van der Waals surface area contributed by atoms with Gasteiger partial charge in [-0.05, 0) is 40.7 Å². The summed E-state index contributed by atoms with van der Waals surface area (Å²) in [5.74, 6) is 1.98. The van der Waals surface area contributed by atoms with Gasteiger partial charge in [0.15, 0.2) is 5.65 Å². The minimum atomic E-state index is 0.192. The van der Waals surface area contributed by atoms with Crippen LogP contribution in [-0.4, -0.2) is 39.9 Å². The minimum absolute atomic E-state index is 0.192. The Kier molecular flexibility index (Phi) is 3.80. The van der Waals surface area contributed by atoms with Crippen molar-refractivity contribution in [3.63, 3.8) is 0 Å². The standard InChI is InChI=1S/C19H24N4O2/c1-11-9-22(10-12(2)25-11)19-13(3)14(4)20-18-8-17(21-23(18)19)16-6-7-24-15(16)5/h6-8,11-12H,9-10H2,1-5H3/t11-,12-/m0/s1. The van der Waals surface area contributed by atoms with Crippen LogP contribution in [0.2, 0.25) is 0 Å². The number of rotatable bonds is 2. The molecule has 1 saturated heterocycles. The minimum Gasteiger partial charge on any atom is -0.469 e. The van der Waals surface area contributed by atoms with E-state index < -0.39 is 0 Å². The molecule has 1 fully saturated rings. The van der Waals surface area contributed by atoms with Gasteiger partial charge in [-0.3, -0.25) is 0 Å². The Morgan fingerprint density at radius 3 is 2.48 bits per heavy atom. The Morgan fingerprint density at radius 2 is 1.84 bits per heavy atom. The molecular formula is C19H24N4O2. The molecule has 0 N–H and O–H groups in total. The highest BCUT2D eigenvalue weighted by Gasteiger charge is 2.27. The molecule has 1 aliphatic heterocycles. The highest BCUT2D eigenvalue weighted by molar-refractivity contribution is 5.68. The molecule has 6 heteroatoms. The number of hydrogen-bond acceptors (Lipinski definition) is 5. The Hall–Kier alpha value is -2.34. The molecule has 1 aliphatic rings. The van der Waals surface area contributed by atoms with E-state index in [0.717, 1.165) is 52.8 Å². The van der Waals surface area contributed by atoms with Gasteiger partial charge in [0, 0.05) is 36.0 Å². The molecule has 0 bridgehead atoms. The van der Waals surface area contributed by atoms with Crippen LogP contribution in [0.4, 0.5) is 5.82 Å². The quantitative estimate of drug-likeness (QED) is 0.714. The lowest BCUT2D eigenvalue weighted by molar-refractivity contribution is -0.00561. The van der Waals surface area contributed by atoms with Crippen LogP contribution < -0.4 is 4.90 Å². The summed E-state index contributed by atoms with van der Waals surface area (Å²) < 4.78 is 13.3. The van der Waals surface area contributed by atoms with Crippen LogP contribution in [0.5, 0.6) is 0 Å². The maximum Gasteiger partial charge on any atom is 0.158 e. The number of aryl methyl sites for hydroxylation is 2. The number of aromatic nitrogens is 3. The van der Waals surface area contributed by atoms with Crippen molar-refractivity contribution in [1.29, 1.82) is 0 Å². The summed E-state index contributed by atoms with van der Waals surface area (Å²) in [7, 11) is 0. The fourth-order valence-corrected chi connectivity index (χ4v) is 3.69. The van der Waals surface area contributed by atoms with Crippen LogP contribution in [0, 0.1) is 20.8 Å². The van der Waals surface area contributed by atoms with Crippen molar-refractivity contribution < 1.29 is 9.15 Å². The summed E-state index contributed by atoms with van der Waals surface area (Å²) in [6, 6.07) is 3.98. The molecule has 132 valence electrons. The highest BCUT2D eigenvalue weighted by atomic mass is 16.5. The molecule has 3 aromatic rings. The average Bonchev–Trinajstić information content (AvgIpc) is 3.13. The Morgan fingerprint density at radius 1 is 1.12 bits per heavy atom. The van der Waals surface area contributed by atoms with E-state index in [0.29, 0.717) is 0 Å². The van der Waals surface area contributed by atoms with Gasteiger partial charge in [0.1, 0.15) is 11.6 Å². The van der Waals surface area contributed by atoms with E-state index in [1.807, 2.05) is 23.6 Å². The lowest BCUT2D eigenvalue weighted by atomic mass is 10.2. The molecule has 4 rings (SSSR count). The smallest absolute Gasteiger partial charge is 0.158 e. The zero-order chi connectivity index (χ0) is 17.7. The maximum absolute atomic E-state index is 5.90. The van der Waals surface area contributed by atoms with E-state index in [1.54, 1.807) is 6.26 Å². The van der Waals surface area contributed by atoms with Gasteiger partial charge in [0.2, 0.25) is 0 Å². The van der Waals surface area contributed by atoms with Crippen LogP contribution >= 0.6 is 0 Å². The van der Waals surface area contributed by atoms with E-state index >= 15 is 0 Å². The number of fused-ring (bicyclic) bond motifs is 1. The van der Waals surface area contributed by atoms with Crippen LogP contribution in [0.1, 0.15) is 30.9 Å². The monoisotopic (exact) mass is 340 g/mol. The van der Waals surface area contributed by atoms with Crippen molar-refractivity contribution in [3.05, 3.63) is 35.4 Å². The lowest BCUT2D eigenvalue weighted by Gasteiger charge is -2.37. The Bertz CT molecular complexity index is 917. The molecule has 25 heavy (non-hydrogen) atoms. The topological polar surface area (TPSA) is 55.8 Å². The molecule has 0 amide bonds.